The van der Waals surface area contributed by atoms with Crippen LogP contribution in [0.3, 0.4) is 0 Å². The predicted octanol–water partition coefficient (Wildman–Crippen LogP) is 3.76. The van der Waals surface area contributed by atoms with E-state index in [9.17, 15) is 8.42 Å². The van der Waals surface area contributed by atoms with Crippen LogP contribution in [0, 0.1) is 13.8 Å². The fourth-order valence-corrected chi connectivity index (χ4v) is 2.93. The molecule has 0 radical (unpaired) electrons. The van der Waals surface area contributed by atoms with Gasteiger partial charge in [-0.2, -0.15) is 0 Å². The molecule has 2 rings (SSSR count). The van der Waals surface area contributed by atoms with Gasteiger partial charge in [0.05, 0.1) is 15.6 Å². The summed E-state index contributed by atoms with van der Waals surface area (Å²) in [5.74, 6) is 0. The normalized spacial score (nSPS) is 11.3. The monoisotopic (exact) mass is 295 g/mol. The first kappa shape index (κ1) is 13.9. The van der Waals surface area contributed by atoms with Gasteiger partial charge < -0.3 is 0 Å². The van der Waals surface area contributed by atoms with Crippen molar-refractivity contribution in [2.45, 2.75) is 18.7 Å². The molecule has 3 nitrogen and oxygen atoms in total. The van der Waals surface area contributed by atoms with Gasteiger partial charge in [0.25, 0.3) is 10.0 Å². The minimum atomic E-state index is -3.60. The maximum atomic E-state index is 12.2. The molecule has 0 aliphatic rings. The Morgan fingerprint density at radius 3 is 2.16 bits per heavy atom. The first-order chi connectivity index (χ1) is 8.88. The molecule has 0 saturated heterocycles. The van der Waals surface area contributed by atoms with Crippen LogP contribution >= 0.6 is 11.6 Å². The van der Waals surface area contributed by atoms with Crippen LogP contribution in [-0.2, 0) is 10.0 Å². The molecule has 0 fully saturated rings. The van der Waals surface area contributed by atoms with E-state index in [0.29, 0.717) is 10.7 Å². The number of anilines is 1. The van der Waals surface area contributed by atoms with Crippen LogP contribution in [0.1, 0.15) is 11.1 Å². The number of hydrogen-bond acceptors (Lipinski definition) is 2. The number of aryl methyl sites for hydroxylation is 2. The van der Waals surface area contributed by atoms with E-state index in [2.05, 4.69) is 4.72 Å². The van der Waals surface area contributed by atoms with E-state index < -0.39 is 10.0 Å². The Kier molecular flexibility index (Phi) is 3.83. The van der Waals surface area contributed by atoms with Crippen LogP contribution < -0.4 is 4.72 Å². The zero-order valence-electron chi connectivity index (χ0n) is 10.6. The van der Waals surface area contributed by atoms with Gasteiger partial charge in [-0.25, -0.2) is 8.42 Å². The van der Waals surface area contributed by atoms with E-state index in [1.165, 1.54) is 0 Å². The van der Waals surface area contributed by atoms with Crippen LogP contribution in [0.5, 0.6) is 0 Å². The summed E-state index contributed by atoms with van der Waals surface area (Å²) >= 11 is 5.99. The molecule has 0 saturated carbocycles. The summed E-state index contributed by atoms with van der Waals surface area (Å²) in [4.78, 5) is 0.218. The van der Waals surface area contributed by atoms with Gasteiger partial charge >= 0.3 is 0 Å². The number of hydrogen-bond donors (Lipinski definition) is 1. The summed E-state index contributed by atoms with van der Waals surface area (Å²) in [6, 6.07) is 11.9. The Morgan fingerprint density at radius 1 is 0.947 bits per heavy atom. The van der Waals surface area contributed by atoms with Crippen molar-refractivity contribution in [3.05, 3.63) is 58.6 Å². The van der Waals surface area contributed by atoms with Crippen molar-refractivity contribution in [3.63, 3.8) is 0 Å². The number of halogens is 1. The fourth-order valence-electron chi connectivity index (χ4n) is 1.64. The molecule has 100 valence electrons. The molecule has 0 amide bonds. The van der Waals surface area contributed by atoms with E-state index in [1.54, 1.807) is 36.4 Å². The third-order valence-corrected chi connectivity index (χ3v) is 4.41. The Morgan fingerprint density at radius 2 is 1.53 bits per heavy atom. The molecule has 0 bridgehead atoms. The van der Waals surface area contributed by atoms with E-state index in [-0.39, 0.29) is 4.90 Å². The smallest absolute Gasteiger partial charge is 0.261 e. The standard InChI is InChI=1S/C14H14ClNO2S/c1-10-3-6-12(7-4-10)19(17,18)16-14-9-11(2)5-8-13(14)15/h3-9,16H,1-2H3. The van der Waals surface area contributed by atoms with Crippen LogP contribution in [0.4, 0.5) is 5.69 Å². The van der Waals surface area contributed by atoms with Crippen molar-refractivity contribution in [3.8, 4) is 0 Å². The zero-order valence-corrected chi connectivity index (χ0v) is 12.2. The summed E-state index contributed by atoms with van der Waals surface area (Å²) < 4.78 is 26.9. The number of sulfonamides is 1. The third-order valence-electron chi connectivity index (χ3n) is 2.70. The largest absolute Gasteiger partial charge is 0.278 e. The molecule has 2 aromatic carbocycles. The van der Waals surface area contributed by atoms with Gasteiger partial charge in [0, 0.05) is 0 Å². The molecule has 0 aromatic heterocycles. The molecule has 0 heterocycles. The van der Waals surface area contributed by atoms with Crippen LogP contribution in [-0.4, -0.2) is 8.42 Å². The van der Waals surface area contributed by atoms with Gasteiger partial charge in [0.1, 0.15) is 0 Å². The lowest BCUT2D eigenvalue weighted by molar-refractivity contribution is 0.601. The van der Waals surface area contributed by atoms with Crippen molar-refractivity contribution >= 4 is 27.3 Å². The van der Waals surface area contributed by atoms with Gasteiger partial charge in [-0.15, -0.1) is 0 Å². The lowest BCUT2D eigenvalue weighted by atomic mass is 10.2. The molecule has 0 aliphatic heterocycles. The summed E-state index contributed by atoms with van der Waals surface area (Å²) in [5.41, 5.74) is 2.33. The first-order valence-electron chi connectivity index (χ1n) is 5.74. The van der Waals surface area contributed by atoms with Crippen molar-refractivity contribution in [2.24, 2.45) is 0 Å². The Balaban J connectivity index is 2.36. The van der Waals surface area contributed by atoms with Crippen molar-refractivity contribution in [1.29, 1.82) is 0 Å². The second-order valence-electron chi connectivity index (χ2n) is 4.40. The lowest BCUT2D eigenvalue weighted by Gasteiger charge is -2.10. The summed E-state index contributed by atoms with van der Waals surface area (Å²) in [5, 5.41) is 0.376. The molecule has 5 heteroatoms. The molecular weight excluding hydrogens is 282 g/mol. The summed E-state index contributed by atoms with van der Waals surface area (Å²) in [7, 11) is -3.60. The average Bonchev–Trinajstić information content (AvgIpc) is 2.34. The van der Waals surface area contributed by atoms with Crippen molar-refractivity contribution < 1.29 is 8.42 Å². The quantitative estimate of drug-likeness (QED) is 0.937. The highest BCUT2D eigenvalue weighted by Gasteiger charge is 2.15. The number of nitrogens with one attached hydrogen (secondary N) is 1. The topological polar surface area (TPSA) is 46.2 Å². The van der Waals surface area contributed by atoms with Gasteiger partial charge in [-0.05, 0) is 43.7 Å². The molecule has 1 N–H and O–H groups in total. The van der Waals surface area contributed by atoms with Crippen LogP contribution in [0.15, 0.2) is 47.4 Å². The minimum absolute atomic E-state index is 0.218. The second-order valence-corrected chi connectivity index (χ2v) is 6.49. The van der Waals surface area contributed by atoms with Gasteiger partial charge in [-0.1, -0.05) is 35.4 Å². The maximum Gasteiger partial charge on any atom is 0.261 e. The van der Waals surface area contributed by atoms with Crippen molar-refractivity contribution in [2.75, 3.05) is 4.72 Å². The maximum absolute atomic E-state index is 12.2. The highest BCUT2D eigenvalue weighted by Crippen LogP contribution is 2.25. The average molecular weight is 296 g/mol. The van der Waals surface area contributed by atoms with E-state index in [1.807, 2.05) is 19.9 Å². The Hall–Kier alpha value is -1.52. The molecule has 0 spiro atoms. The predicted molar refractivity (Wildman–Crippen MR) is 78.2 cm³/mol. The molecule has 0 aliphatic carbocycles. The number of benzene rings is 2. The Labute approximate surface area is 118 Å². The summed E-state index contributed by atoms with van der Waals surface area (Å²) in [6.07, 6.45) is 0. The first-order valence-corrected chi connectivity index (χ1v) is 7.60. The third kappa shape index (κ3) is 3.28. The molecule has 19 heavy (non-hydrogen) atoms. The van der Waals surface area contributed by atoms with E-state index in [4.69, 9.17) is 11.6 Å². The summed E-state index contributed by atoms with van der Waals surface area (Å²) in [6.45, 7) is 3.78. The molecular formula is C14H14ClNO2S. The van der Waals surface area contributed by atoms with Gasteiger partial charge in [0.2, 0.25) is 0 Å². The SMILES string of the molecule is Cc1ccc(S(=O)(=O)Nc2cc(C)ccc2Cl)cc1. The second kappa shape index (κ2) is 5.23. The molecule has 0 unspecified atom stereocenters. The zero-order chi connectivity index (χ0) is 14.0. The van der Waals surface area contributed by atoms with Crippen LogP contribution in [0.2, 0.25) is 5.02 Å². The fraction of sp³-hybridized carbons (Fsp3) is 0.143. The molecule has 2 aromatic rings. The minimum Gasteiger partial charge on any atom is -0.278 e. The van der Waals surface area contributed by atoms with Gasteiger partial charge in [0.15, 0.2) is 0 Å². The Bertz CT molecular complexity index is 694. The van der Waals surface area contributed by atoms with Crippen LogP contribution in [0.25, 0.3) is 0 Å². The van der Waals surface area contributed by atoms with Crippen molar-refractivity contribution in [1.82, 2.24) is 0 Å². The van der Waals surface area contributed by atoms with Gasteiger partial charge in [-0.3, -0.25) is 4.72 Å². The van der Waals surface area contributed by atoms with E-state index >= 15 is 0 Å². The number of rotatable bonds is 3. The van der Waals surface area contributed by atoms with E-state index in [0.717, 1.165) is 11.1 Å². The molecule has 0 atom stereocenters. The highest BCUT2D eigenvalue weighted by atomic mass is 35.5. The highest BCUT2D eigenvalue weighted by molar-refractivity contribution is 7.92. The lowest BCUT2D eigenvalue weighted by Crippen LogP contribution is -2.13.